The van der Waals surface area contributed by atoms with E-state index in [4.69, 9.17) is 5.26 Å². The summed E-state index contributed by atoms with van der Waals surface area (Å²) in [6.07, 6.45) is 1.81. The van der Waals surface area contributed by atoms with E-state index in [9.17, 15) is 14.9 Å². The Kier molecular flexibility index (Phi) is 5.52. The lowest BCUT2D eigenvalue weighted by Crippen LogP contribution is -1.96. The average Bonchev–Trinajstić information content (AvgIpc) is 2.37. The molecule has 0 amide bonds. The van der Waals surface area contributed by atoms with Crippen LogP contribution in [0.15, 0.2) is 12.3 Å². The number of nitro groups is 1. The smallest absolute Gasteiger partial charge is 0.288 e. The summed E-state index contributed by atoms with van der Waals surface area (Å²) < 4.78 is 0. The van der Waals surface area contributed by atoms with Crippen LogP contribution >= 0.6 is 11.8 Å². The van der Waals surface area contributed by atoms with Gasteiger partial charge in [-0.15, -0.1) is 0 Å². The first kappa shape index (κ1) is 14.7. The van der Waals surface area contributed by atoms with Gasteiger partial charge in [-0.25, -0.2) is 4.98 Å². The Morgan fingerprint density at radius 1 is 1.63 bits per heavy atom. The van der Waals surface area contributed by atoms with Crippen molar-refractivity contribution in [2.75, 3.05) is 5.75 Å². The number of aromatic nitrogens is 1. The fraction of sp³-hybridized carbons (Fsp3) is 0.250. The van der Waals surface area contributed by atoms with Crippen LogP contribution in [0.3, 0.4) is 0 Å². The molecule has 1 heterocycles. The van der Waals surface area contributed by atoms with Crippen LogP contribution in [-0.4, -0.2) is 20.8 Å². The molecular weight excluding hydrogens is 266 g/mol. The lowest BCUT2D eigenvalue weighted by molar-refractivity contribution is -0.385. The van der Waals surface area contributed by atoms with E-state index in [2.05, 4.69) is 16.8 Å². The molecule has 7 heteroatoms. The number of nitriles is 1. The van der Waals surface area contributed by atoms with Gasteiger partial charge in [0.1, 0.15) is 6.07 Å². The highest BCUT2D eigenvalue weighted by atomic mass is 32.2. The fourth-order valence-corrected chi connectivity index (χ4v) is 1.65. The molecule has 0 aliphatic rings. The minimum atomic E-state index is -0.664. The van der Waals surface area contributed by atoms with Crippen LogP contribution in [0.25, 0.3) is 0 Å². The molecule has 1 rings (SSSR count). The number of rotatable bonds is 3. The van der Waals surface area contributed by atoms with Gasteiger partial charge < -0.3 is 0 Å². The monoisotopic (exact) mass is 275 g/mol. The van der Waals surface area contributed by atoms with Crippen molar-refractivity contribution in [3.8, 4) is 17.9 Å². The molecule has 1 aromatic rings. The third-order valence-electron chi connectivity index (χ3n) is 1.94. The number of nitrogens with zero attached hydrogens (tertiary/aromatic N) is 3. The van der Waals surface area contributed by atoms with E-state index >= 15 is 0 Å². The zero-order valence-corrected chi connectivity index (χ0v) is 10.9. The van der Waals surface area contributed by atoms with Gasteiger partial charge in [0.15, 0.2) is 5.12 Å². The minimum absolute atomic E-state index is 0.0254. The number of hydrogen-bond acceptors (Lipinski definition) is 6. The van der Waals surface area contributed by atoms with E-state index < -0.39 is 4.92 Å². The molecule has 0 bridgehead atoms. The van der Waals surface area contributed by atoms with Crippen LogP contribution in [0, 0.1) is 33.3 Å². The second kappa shape index (κ2) is 7.14. The van der Waals surface area contributed by atoms with Gasteiger partial charge in [0.25, 0.3) is 0 Å². The van der Waals surface area contributed by atoms with Gasteiger partial charge in [0.05, 0.1) is 4.92 Å². The molecule has 0 N–H and O–H groups in total. The Labute approximate surface area is 114 Å². The Balaban J connectivity index is 2.78. The molecule has 1 aromatic heterocycles. The summed E-state index contributed by atoms with van der Waals surface area (Å²) in [7, 11) is 0. The van der Waals surface area contributed by atoms with Crippen LogP contribution in [0.4, 0.5) is 5.69 Å². The second-order valence-corrected chi connectivity index (χ2v) is 4.62. The zero-order valence-electron chi connectivity index (χ0n) is 10.0. The maximum atomic E-state index is 10.7. The third kappa shape index (κ3) is 4.78. The topological polar surface area (TPSA) is 96.9 Å². The van der Waals surface area contributed by atoms with E-state index in [0.29, 0.717) is 17.7 Å². The standard InChI is InChI=1S/C12H9N3O3S/c1-9(16)19-5-3-2-4-10-6-12(15(17)18)11(7-13)14-8-10/h6,8H,3,5H2,1H3. The van der Waals surface area contributed by atoms with Gasteiger partial charge in [-0.3, -0.25) is 14.9 Å². The molecule has 0 aliphatic carbocycles. The number of hydrogen-bond donors (Lipinski definition) is 0. The van der Waals surface area contributed by atoms with Gasteiger partial charge in [0, 0.05) is 36.9 Å². The Hall–Kier alpha value is -2.38. The minimum Gasteiger partial charge on any atom is -0.288 e. The summed E-state index contributed by atoms with van der Waals surface area (Å²) in [5.41, 5.74) is -0.214. The largest absolute Gasteiger partial charge is 0.306 e. The van der Waals surface area contributed by atoms with E-state index in [1.54, 1.807) is 6.07 Å². The molecule has 0 saturated heterocycles. The second-order valence-electron chi connectivity index (χ2n) is 3.35. The van der Waals surface area contributed by atoms with Gasteiger partial charge in [-0.2, -0.15) is 5.26 Å². The lowest BCUT2D eigenvalue weighted by Gasteiger charge is -1.94. The summed E-state index contributed by atoms with van der Waals surface area (Å²) in [5, 5.41) is 19.4. The maximum absolute atomic E-state index is 10.7. The zero-order chi connectivity index (χ0) is 14.3. The number of carbonyl (C=O) groups is 1. The van der Waals surface area contributed by atoms with Crippen molar-refractivity contribution in [2.24, 2.45) is 0 Å². The van der Waals surface area contributed by atoms with E-state index in [0.717, 1.165) is 0 Å². The highest BCUT2D eigenvalue weighted by Crippen LogP contribution is 2.16. The molecule has 6 nitrogen and oxygen atoms in total. The first-order valence-electron chi connectivity index (χ1n) is 5.21. The van der Waals surface area contributed by atoms with Gasteiger partial charge in [-0.1, -0.05) is 23.6 Å². The molecular formula is C12H9N3O3S. The first-order chi connectivity index (χ1) is 9.04. The van der Waals surface area contributed by atoms with Crippen LogP contribution in [0.1, 0.15) is 24.6 Å². The highest BCUT2D eigenvalue weighted by Gasteiger charge is 2.14. The third-order valence-corrected chi connectivity index (χ3v) is 2.75. The molecule has 0 spiro atoms. The van der Waals surface area contributed by atoms with Crippen LogP contribution < -0.4 is 0 Å². The summed E-state index contributed by atoms with van der Waals surface area (Å²) >= 11 is 1.17. The van der Waals surface area contributed by atoms with Crippen molar-refractivity contribution >= 4 is 22.6 Å². The molecule has 0 radical (unpaired) electrons. The van der Waals surface area contributed by atoms with Crippen LogP contribution in [-0.2, 0) is 4.79 Å². The Bertz CT molecular complexity index is 611. The molecule has 0 fully saturated rings. The highest BCUT2D eigenvalue weighted by molar-refractivity contribution is 8.13. The summed E-state index contributed by atoms with van der Waals surface area (Å²) in [6.45, 7) is 1.48. The van der Waals surface area contributed by atoms with Gasteiger partial charge >= 0.3 is 5.69 Å². The molecule has 96 valence electrons. The van der Waals surface area contributed by atoms with E-state index in [1.165, 1.54) is 30.9 Å². The maximum Gasteiger partial charge on any atom is 0.306 e. The molecule has 19 heavy (non-hydrogen) atoms. The summed E-state index contributed by atoms with van der Waals surface area (Å²) in [6, 6.07) is 2.87. The van der Waals surface area contributed by atoms with Crippen molar-refractivity contribution in [3.05, 3.63) is 33.6 Å². The molecule has 0 saturated carbocycles. The SMILES string of the molecule is CC(=O)SCCC#Cc1cnc(C#N)c([N+](=O)[O-])c1. The molecule has 0 atom stereocenters. The van der Waals surface area contributed by atoms with Crippen molar-refractivity contribution in [2.45, 2.75) is 13.3 Å². The van der Waals surface area contributed by atoms with Crippen molar-refractivity contribution in [1.29, 1.82) is 5.26 Å². The van der Waals surface area contributed by atoms with Crippen molar-refractivity contribution in [1.82, 2.24) is 4.98 Å². The number of thioether (sulfide) groups is 1. The number of carbonyl (C=O) groups excluding carboxylic acids is 1. The molecule has 0 unspecified atom stereocenters. The predicted octanol–water partition coefficient (Wildman–Crippen LogP) is 1.88. The fourth-order valence-electron chi connectivity index (χ4n) is 1.16. The number of pyridine rings is 1. The van der Waals surface area contributed by atoms with Crippen molar-refractivity contribution in [3.63, 3.8) is 0 Å². The quantitative estimate of drug-likeness (QED) is 0.361. The Morgan fingerprint density at radius 3 is 2.95 bits per heavy atom. The Morgan fingerprint density at radius 2 is 2.37 bits per heavy atom. The van der Waals surface area contributed by atoms with Crippen molar-refractivity contribution < 1.29 is 9.72 Å². The first-order valence-corrected chi connectivity index (χ1v) is 6.20. The lowest BCUT2D eigenvalue weighted by atomic mass is 10.2. The van der Waals surface area contributed by atoms with Gasteiger partial charge in [-0.05, 0) is 0 Å². The van der Waals surface area contributed by atoms with Crippen LogP contribution in [0.5, 0.6) is 0 Å². The van der Waals surface area contributed by atoms with Crippen LogP contribution in [0.2, 0.25) is 0 Å². The molecule has 0 aromatic carbocycles. The summed E-state index contributed by atoms with van der Waals surface area (Å²) in [5.74, 6) is 6.08. The normalized spacial score (nSPS) is 9.05. The summed E-state index contributed by atoms with van der Waals surface area (Å²) in [4.78, 5) is 24.4. The average molecular weight is 275 g/mol. The van der Waals surface area contributed by atoms with E-state index in [-0.39, 0.29) is 16.5 Å². The molecule has 0 aliphatic heterocycles. The van der Waals surface area contributed by atoms with E-state index in [1.807, 2.05) is 0 Å². The predicted molar refractivity (Wildman–Crippen MR) is 70.2 cm³/mol. The van der Waals surface area contributed by atoms with Gasteiger partial charge in [0.2, 0.25) is 5.69 Å².